The zero-order valence-corrected chi connectivity index (χ0v) is 42.8. The van der Waals surface area contributed by atoms with Crippen molar-refractivity contribution in [3.8, 4) is 44.8 Å². The minimum Gasteiger partial charge on any atom is -0.481 e. The number of hydrogen-bond acceptors (Lipinski definition) is 6. The summed E-state index contributed by atoms with van der Waals surface area (Å²) in [6.07, 6.45) is -2.53. The Morgan fingerprint density at radius 2 is 0.750 bits per heavy atom. The smallest absolute Gasteiger partial charge is 0.305 e. The number of rotatable bonds is 20. The van der Waals surface area contributed by atoms with E-state index in [0.717, 1.165) is 22.5 Å². The van der Waals surface area contributed by atoms with Crippen LogP contribution in [0.5, 0.6) is 0 Å². The summed E-state index contributed by atoms with van der Waals surface area (Å²) < 4.78 is 31.8. The number of anilines is 2. The Morgan fingerprint density at radius 1 is 0.447 bits per heavy atom. The number of nitrogens with zero attached hydrogens (tertiary/aromatic N) is 2. The van der Waals surface area contributed by atoms with Gasteiger partial charge in [0.1, 0.15) is 11.6 Å². The summed E-state index contributed by atoms with van der Waals surface area (Å²) in [5, 5.41) is 45.1. The number of halogens is 2. The van der Waals surface area contributed by atoms with Gasteiger partial charge >= 0.3 is 11.9 Å². The summed E-state index contributed by atoms with van der Waals surface area (Å²) in [7, 11) is 0. The molecule has 8 rings (SSSR count). The SMILES string of the molecule is CC(C)c1c(C(=O)Nc2ccccc2)c(-c2ccccc2)c(-c2ccc(F)cc2)n1CCC(O)CC(=O)O.CC(C)c1c(C(=O)Nc2ccccc2)c(-c2ccccc2)c(-c2ccc(F)cc2)n1CC[C@@H](O)CC(=O)O. The van der Waals surface area contributed by atoms with E-state index in [-0.39, 0.29) is 74.1 Å². The summed E-state index contributed by atoms with van der Waals surface area (Å²) in [6, 6.07) is 49.6. The molecule has 2 atom stereocenters. The number of nitrogens with one attached hydrogen (secondary N) is 2. The Bertz CT molecular complexity index is 3010. The van der Waals surface area contributed by atoms with Crippen molar-refractivity contribution in [3.63, 3.8) is 0 Å². The zero-order valence-electron chi connectivity index (χ0n) is 42.8. The van der Waals surface area contributed by atoms with E-state index in [4.69, 9.17) is 10.2 Å². The number of para-hydroxylation sites is 2. The van der Waals surface area contributed by atoms with Crippen LogP contribution in [0.4, 0.5) is 20.2 Å². The van der Waals surface area contributed by atoms with E-state index in [9.17, 15) is 38.2 Å². The second-order valence-electron chi connectivity index (χ2n) is 19.0. The Balaban J connectivity index is 0.000000221. The molecule has 0 bridgehead atoms. The molecule has 1 unspecified atom stereocenters. The number of aromatic nitrogens is 2. The van der Waals surface area contributed by atoms with E-state index >= 15 is 0 Å². The number of carboxylic acid groups (broad SMARTS) is 2. The van der Waals surface area contributed by atoms with Crippen LogP contribution in [0.15, 0.2) is 170 Å². The van der Waals surface area contributed by atoms with Gasteiger partial charge in [-0.15, -0.1) is 0 Å². The number of aliphatic carboxylic acids is 2. The molecule has 0 radical (unpaired) electrons. The van der Waals surface area contributed by atoms with Gasteiger partial charge in [0.15, 0.2) is 0 Å². The van der Waals surface area contributed by atoms with E-state index in [0.29, 0.717) is 56.1 Å². The first-order valence-electron chi connectivity index (χ1n) is 25.2. The molecule has 6 N–H and O–H groups in total. The number of carbonyl (C=O) groups is 4. The molecule has 2 amide bonds. The topological polar surface area (TPSA) is 183 Å². The summed E-state index contributed by atoms with van der Waals surface area (Å²) in [6.45, 7) is 8.49. The van der Waals surface area contributed by atoms with Gasteiger partial charge in [0.25, 0.3) is 11.8 Å². The second-order valence-corrected chi connectivity index (χ2v) is 19.0. The maximum atomic E-state index is 14.0. The number of carbonyl (C=O) groups excluding carboxylic acids is 2. The largest absolute Gasteiger partial charge is 0.481 e. The zero-order chi connectivity index (χ0) is 54.5. The molecular formula is C62H62F2N4O8. The van der Waals surface area contributed by atoms with Crippen LogP contribution in [0.2, 0.25) is 0 Å². The molecule has 14 heteroatoms. The van der Waals surface area contributed by atoms with E-state index in [2.05, 4.69) is 10.6 Å². The van der Waals surface area contributed by atoms with E-state index < -0.39 is 24.1 Å². The van der Waals surface area contributed by atoms with Crippen molar-refractivity contribution in [2.24, 2.45) is 0 Å². The Labute approximate surface area is 440 Å². The molecule has 0 aliphatic rings. The maximum Gasteiger partial charge on any atom is 0.305 e. The first-order chi connectivity index (χ1) is 36.5. The highest BCUT2D eigenvalue weighted by Gasteiger charge is 2.33. The van der Waals surface area contributed by atoms with Gasteiger partial charge in [0.2, 0.25) is 0 Å². The van der Waals surface area contributed by atoms with Gasteiger partial charge in [-0.3, -0.25) is 19.2 Å². The highest BCUT2D eigenvalue weighted by atomic mass is 19.1. The lowest BCUT2D eigenvalue weighted by Gasteiger charge is -2.18. The van der Waals surface area contributed by atoms with Crippen LogP contribution in [0.25, 0.3) is 44.8 Å². The summed E-state index contributed by atoms with van der Waals surface area (Å²) >= 11 is 0. The van der Waals surface area contributed by atoms with Gasteiger partial charge in [0, 0.05) is 47.0 Å². The number of aliphatic hydroxyl groups excluding tert-OH is 2. The predicted octanol–water partition coefficient (Wildman–Crippen LogP) is 13.1. The number of benzene rings is 6. The van der Waals surface area contributed by atoms with Crippen LogP contribution in [-0.2, 0) is 22.7 Å². The molecule has 0 saturated carbocycles. The van der Waals surface area contributed by atoms with Crippen LogP contribution >= 0.6 is 0 Å². The molecule has 0 aliphatic heterocycles. The third-order valence-electron chi connectivity index (χ3n) is 12.8. The summed E-state index contributed by atoms with van der Waals surface area (Å²) in [5.74, 6) is -3.69. The molecule has 2 aromatic heterocycles. The van der Waals surface area contributed by atoms with Crippen LogP contribution in [-0.4, -0.2) is 65.5 Å². The molecule has 392 valence electrons. The molecule has 6 aromatic carbocycles. The minimum atomic E-state index is -1.08. The van der Waals surface area contributed by atoms with E-state index in [1.54, 1.807) is 24.3 Å². The first-order valence-corrected chi connectivity index (χ1v) is 25.2. The monoisotopic (exact) mass is 1030 g/mol. The molecule has 2 heterocycles. The molecule has 0 spiro atoms. The fourth-order valence-electron chi connectivity index (χ4n) is 9.58. The van der Waals surface area contributed by atoms with Crippen LogP contribution in [0.3, 0.4) is 0 Å². The molecule has 0 aliphatic carbocycles. The standard InChI is InChI=1S/2C31H31FN2O4/c2*1-20(2)29-28(31(38)33-24-11-7-4-8-12-24)27(21-9-5-3-6-10-21)30(22-13-15-23(32)16-14-22)34(29)18-17-25(35)19-26(36)37/h2*3-16,20,25,35H,17-19H2,1-2H3,(H,33,38)(H,36,37)/t25-;/m1./s1. The van der Waals surface area contributed by atoms with Crippen molar-refractivity contribution in [1.29, 1.82) is 0 Å². The fraction of sp³-hybridized carbons (Fsp3) is 0.226. The number of carboxylic acids is 2. The van der Waals surface area contributed by atoms with Crippen molar-refractivity contribution in [2.45, 2.75) is 90.5 Å². The average molecular weight is 1030 g/mol. The van der Waals surface area contributed by atoms with Crippen LogP contribution < -0.4 is 10.6 Å². The highest BCUT2D eigenvalue weighted by molar-refractivity contribution is 6.13. The number of hydrogen-bond donors (Lipinski definition) is 6. The van der Waals surface area contributed by atoms with Gasteiger partial charge in [-0.25, -0.2) is 8.78 Å². The van der Waals surface area contributed by atoms with Crippen LogP contribution in [0.1, 0.15) is 97.3 Å². The van der Waals surface area contributed by atoms with Crippen molar-refractivity contribution in [2.75, 3.05) is 10.6 Å². The van der Waals surface area contributed by atoms with Gasteiger partial charge in [-0.1, -0.05) is 125 Å². The lowest BCUT2D eigenvalue weighted by molar-refractivity contribution is -0.140. The Hall–Kier alpha value is -8.46. The normalized spacial score (nSPS) is 11.9. The van der Waals surface area contributed by atoms with Gasteiger partial charge in [-0.05, 0) is 120 Å². The summed E-state index contributed by atoms with van der Waals surface area (Å²) in [5.41, 5.74) is 9.64. The number of aliphatic hydroxyl groups is 2. The van der Waals surface area contributed by atoms with Crippen LogP contribution in [0, 0.1) is 11.6 Å². The fourth-order valence-corrected chi connectivity index (χ4v) is 9.58. The molecule has 8 aromatic rings. The molecule has 12 nitrogen and oxygen atoms in total. The average Bonchev–Trinajstić information content (AvgIpc) is 3.99. The minimum absolute atomic E-state index is 0.0974. The lowest BCUT2D eigenvalue weighted by atomic mass is 9.94. The van der Waals surface area contributed by atoms with Gasteiger partial charge in [-0.2, -0.15) is 0 Å². The quantitative estimate of drug-likeness (QED) is 0.0436. The first kappa shape index (κ1) is 55.3. The van der Waals surface area contributed by atoms with Gasteiger partial charge in [0.05, 0.1) is 47.6 Å². The highest BCUT2D eigenvalue weighted by Crippen LogP contribution is 2.44. The Morgan fingerprint density at radius 3 is 1.04 bits per heavy atom. The molecule has 0 saturated heterocycles. The second kappa shape index (κ2) is 25.7. The third-order valence-corrected chi connectivity index (χ3v) is 12.8. The third kappa shape index (κ3) is 13.6. The van der Waals surface area contributed by atoms with Crippen molar-refractivity contribution < 1.29 is 48.4 Å². The lowest BCUT2D eigenvalue weighted by Crippen LogP contribution is -2.19. The predicted molar refractivity (Wildman–Crippen MR) is 293 cm³/mol. The maximum absolute atomic E-state index is 14.0. The molecule has 76 heavy (non-hydrogen) atoms. The van der Waals surface area contributed by atoms with Gasteiger partial charge < -0.3 is 40.2 Å². The Kier molecular flexibility index (Phi) is 18.7. The van der Waals surface area contributed by atoms with E-state index in [1.165, 1.54) is 24.3 Å². The molecule has 0 fully saturated rings. The van der Waals surface area contributed by atoms with Crippen molar-refractivity contribution >= 4 is 35.1 Å². The van der Waals surface area contributed by atoms with E-state index in [1.807, 2.05) is 158 Å². The number of amides is 2. The molecular weight excluding hydrogens is 967 g/mol. The van der Waals surface area contributed by atoms with Crippen molar-refractivity contribution in [3.05, 3.63) is 204 Å². The summed E-state index contributed by atoms with van der Waals surface area (Å²) in [4.78, 5) is 50.2. The van der Waals surface area contributed by atoms with Crippen molar-refractivity contribution in [1.82, 2.24) is 9.13 Å².